The highest BCUT2D eigenvalue weighted by molar-refractivity contribution is 5.74. The number of hydrogen-bond acceptors (Lipinski definition) is 4. The quantitative estimate of drug-likeness (QED) is 0.841. The molecule has 0 spiro atoms. The van der Waals surface area contributed by atoms with E-state index >= 15 is 0 Å². The zero-order valence-electron chi connectivity index (χ0n) is 14.0. The van der Waals surface area contributed by atoms with Crippen molar-refractivity contribution in [2.24, 2.45) is 0 Å². The van der Waals surface area contributed by atoms with Gasteiger partial charge in [0.15, 0.2) is 0 Å². The SMILES string of the molecule is CCN(CCO)C(=O)NCc1ccnc(N2CCCCCC2)c1. The average Bonchev–Trinajstić information content (AvgIpc) is 2.87. The van der Waals surface area contributed by atoms with Crippen LogP contribution in [-0.2, 0) is 6.54 Å². The van der Waals surface area contributed by atoms with Gasteiger partial charge in [-0.2, -0.15) is 0 Å². The summed E-state index contributed by atoms with van der Waals surface area (Å²) in [4.78, 5) is 20.5. The molecule has 1 saturated heterocycles. The minimum absolute atomic E-state index is 0.0182. The van der Waals surface area contributed by atoms with Gasteiger partial charge in [-0.3, -0.25) is 0 Å². The Balaban J connectivity index is 1.93. The summed E-state index contributed by atoms with van der Waals surface area (Å²) in [6.45, 7) is 5.42. The highest BCUT2D eigenvalue weighted by Gasteiger charge is 2.13. The van der Waals surface area contributed by atoms with E-state index in [2.05, 4.69) is 21.3 Å². The monoisotopic (exact) mass is 320 g/mol. The van der Waals surface area contributed by atoms with Crippen molar-refractivity contribution in [1.29, 1.82) is 0 Å². The van der Waals surface area contributed by atoms with Crippen molar-refractivity contribution in [1.82, 2.24) is 15.2 Å². The minimum atomic E-state index is -0.144. The van der Waals surface area contributed by atoms with E-state index in [-0.39, 0.29) is 12.6 Å². The van der Waals surface area contributed by atoms with Crippen LogP contribution in [0.5, 0.6) is 0 Å². The molecule has 0 radical (unpaired) electrons. The predicted molar refractivity (Wildman–Crippen MR) is 91.5 cm³/mol. The Labute approximate surface area is 138 Å². The number of nitrogens with zero attached hydrogens (tertiary/aromatic N) is 3. The standard InChI is InChI=1S/C17H28N4O2/c1-2-20(11-12-22)17(23)19-14-15-7-8-18-16(13-15)21-9-5-3-4-6-10-21/h7-8,13,22H,2-6,9-12,14H2,1H3,(H,19,23). The largest absolute Gasteiger partial charge is 0.395 e. The number of urea groups is 1. The predicted octanol–water partition coefficient (Wildman–Crippen LogP) is 1.99. The molecule has 0 atom stereocenters. The van der Waals surface area contributed by atoms with Gasteiger partial charge in [-0.25, -0.2) is 9.78 Å². The fourth-order valence-corrected chi connectivity index (χ4v) is 2.86. The molecule has 2 heterocycles. The van der Waals surface area contributed by atoms with Gasteiger partial charge in [-0.15, -0.1) is 0 Å². The van der Waals surface area contributed by atoms with Crippen LogP contribution in [0.2, 0.25) is 0 Å². The number of carbonyl (C=O) groups excluding carboxylic acids is 1. The Morgan fingerprint density at radius 2 is 2.09 bits per heavy atom. The maximum absolute atomic E-state index is 12.0. The third-order valence-electron chi connectivity index (χ3n) is 4.22. The van der Waals surface area contributed by atoms with Crippen LogP contribution < -0.4 is 10.2 Å². The summed E-state index contributed by atoms with van der Waals surface area (Å²) in [5.41, 5.74) is 1.05. The van der Waals surface area contributed by atoms with Crippen LogP contribution in [0.25, 0.3) is 0 Å². The molecule has 0 saturated carbocycles. The number of aliphatic hydroxyl groups excluding tert-OH is 1. The van der Waals surface area contributed by atoms with Crippen LogP contribution in [0.15, 0.2) is 18.3 Å². The first-order valence-corrected chi connectivity index (χ1v) is 8.58. The summed E-state index contributed by atoms with van der Waals surface area (Å²) in [5.74, 6) is 1.00. The Morgan fingerprint density at radius 1 is 1.35 bits per heavy atom. The third kappa shape index (κ3) is 5.39. The van der Waals surface area contributed by atoms with Gasteiger partial charge >= 0.3 is 6.03 Å². The highest BCUT2D eigenvalue weighted by atomic mass is 16.3. The van der Waals surface area contributed by atoms with Crippen LogP contribution in [0.1, 0.15) is 38.2 Å². The van der Waals surface area contributed by atoms with Crippen LogP contribution in [0, 0.1) is 0 Å². The molecular formula is C17H28N4O2. The topological polar surface area (TPSA) is 68.7 Å². The van der Waals surface area contributed by atoms with E-state index in [4.69, 9.17) is 5.11 Å². The van der Waals surface area contributed by atoms with Gasteiger partial charge in [0.25, 0.3) is 0 Å². The summed E-state index contributed by atoms with van der Waals surface area (Å²) < 4.78 is 0. The van der Waals surface area contributed by atoms with Crippen molar-refractivity contribution in [3.8, 4) is 0 Å². The second-order valence-corrected chi connectivity index (χ2v) is 5.89. The number of rotatable bonds is 6. The summed E-state index contributed by atoms with van der Waals surface area (Å²) >= 11 is 0. The Morgan fingerprint density at radius 3 is 2.74 bits per heavy atom. The number of aromatic nitrogens is 1. The van der Waals surface area contributed by atoms with E-state index in [9.17, 15) is 4.79 Å². The molecule has 0 unspecified atom stereocenters. The fourth-order valence-electron chi connectivity index (χ4n) is 2.86. The van der Waals surface area contributed by atoms with Crippen LogP contribution in [0.3, 0.4) is 0 Å². The second kappa shape index (κ2) is 9.35. The molecule has 2 rings (SSSR count). The molecule has 0 aromatic carbocycles. The average molecular weight is 320 g/mol. The lowest BCUT2D eigenvalue weighted by atomic mass is 10.2. The first kappa shape index (κ1) is 17.5. The number of anilines is 1. The van der Waals surface area contributed by atoms with Crippen LogP contribution >= 0.6 is 0 Å². The lowest BCUT2D eigenvalue weighted by Gasteiger charge is -2.22. The molecular weight excluding hydrogens is 292 g/mol. The molecule has 1 aliphatic heterocycles. The number of amides is 2. The Kier molecular flexibility index (Phi) is 7.13. The number of likely N-dealkylation sites (N-methyl/N-ethyl adjacent to an activating group) is 1. The molecule has 6 heteroatoms. The van der Waals surface area contributed by atoms with Crippen molar-refractivity contribution >= 4 is 11.8 Å². The van der Waals surface area contributed by atoms with E-state index in [1.165, 1.54) is 25.7 Å². The number of aliphatic hydroxyl groups is 1. The summed E-state index contributed by atoms with van der Waals surface area (Å²) in [7, 11) is 0. The van der Waals surface area contributed by atoms with Gasteiger partial charge in [-0.1, -0.05) is 12.8 Å². The van der Waals surface area contributed by atoms with Gasteiger partial charge < -0.3 is 20.2 Å². The van der Waals surface area contributed by atoms with Gasteiger partial charge in [-0.05, 0) is 37.5 Å². The van der Waals surface area contributed by atoms with Crippen LogP contribution in [0.4, 0.5) is 10.6 Å². The molecule has 23 heavy (non-hydrogen) atoms. The lowest BCUT2D eigenvalue weighted by molar-refractivity contribution is 0.180. The molecule has 2 N–H and O–H groups in total. The lowest BCUT2D eigenvalue weighted by Crippen LogP contribution is -2.41. The van der Waals surface area contributed by atoms with Gasteiger partial charge in [0.1, 0.15) is 5.82 Å². The van der Waals surface area contributed by atoms with E-state index in [0.29, 0.717) is 19.6 Å². The Bertz CT molecular complexity index is 487. The maximum atomic E-state index is 12.0. The summed E-state index contributed by atoms with van der Waals surface area (Å²) in [6.07, 6.45) is 6.84. The second-order valence-electron chi connectivity index (χ2n) is 5.89. The number of hydrogen-bond donors (Lipinski definition) is 2. The molecule has 2 amide bonds. The van der Waals surface area contributed by atoms with Crippen LogP contribution in [-0.4, -0.2) is 53.8 Å². The van der Waals surface area contributed by atoms with E-state index in [1.807, 2.05) is 19.2 Å². The third-order valence-corrected chi connectivity index (χ3v) is 4.22. The molecule has 0 bridgehead atoms. The first-order chi connectivity index (χ1) is 11.2. The summed E-state index contributed by atoms with van der Waals surface area (Å²) in [6, 6.07) is 3.85. The van der Waals surface area contributed by atoms with Crippen molar-refractivity contribution in [3.63, 3.8) is 0 Å². The number of nitrogens with one attached hydrogen (secondary N) is 1. The summed E-state index contributed by atoms with van der Waals surface area (Å²) in [5, 5.41) is 11.9. The first-order valence-electron chi connectivity index (χ1n) is 8.58. The normalized spacial score (nSPS) is 15.1. The fraction of sp³-hybridized carbons (Fsp3) is 0.647. The van der Waals surface area contributed by atoms with Gasteiger partial charge in [0.2, 0.25) is 0 Å². The van der Waals surface area contributed by atoms with E-state index in [0.717, 1.165) is 24.5 Å². The molecule has 1 fully saturated rings. The number of pyridine rings is 1. The minimum Gasteiger partial charge on any atom is -0.395 e. The zero-order chi connectivity index (χ0) is 16.5. The van der Waals surface area contributed by atoms with Crippen molar-refractivity contribution < 1.29 is 9.90 Å². The zero-order valence-corrected chi connectivity index (χ0v) is 14.0. The van der Waals surface area contributed by atoms with Gasteiger partial charge in [0, 0.05) is 38.9 Å². The molecule has 1 aromatic heterocycles. The number of carbonyl (C=O) groups is 1. The Hall–Kier alpha value is -1.82. The molecule has 0 aliphatic carbocycles. The molecule has 1 aromatic rings. The van der Waals surface area contributed by atoms with Crippen molar-refractivity contribution in [2.75, 3.05) is 37.7 Å². The molecule has 128 valence electrons. The molecule has 6 nitrogen and oxygen atoms in total. The van der Waals surface area contributed by atoms with Crippen molar-refractivity contribution in [2.45, 2.75) is 39.2 Å². The maximum Gasteiger partial charge on any atom is 0.317 e. The molecule has 1 aliphatic rings. The van der Waals surface area contributed by atoms with E-state index in [1.54, 1.807) is 4.90 Å². The van der Waals surface area contributed by atoms with Crippen molar-refractivity contribution in [3.05, 3.63) is 23.9 Å². The van der Waals surface area contributed by atoms with Gasteiger partial charge in [0.05, 0.1) is 6.61 Å². The smallest absolute Gasteiger partial charge is 0.317 e. The van der Waals surface area contributed by atoms with E-state index < -0.39 is 0 Å². The highest BCUT2D eigenvalue weighted by Crippen LogP contribution is 2.18.